The number of fused-ring (bicyclic) bond motifs is 1. The van der Waals surface area contributed by atoms with E-state index >= 15 is 0 Å². The van der Waals surface area contributed by atoms with Gasteiger partial charge in [0.25, 0.3) is 0 Å². The molecule has 0 amide bonds. The van der Waals surface area contributed by atoms with Gasteiger partial charge in [-0.1, -0.05) is 36.9 Å². The molecule has 0 saturated heterocycles. The van der Waals surface area contributed by atoms with Crippen LogP contribution in [0.15, 0.2) is 48.6 Å². The molecule has 4 nitrogen and oxygen atoms in total. The lowest BCUT2D eigenvalue weighted by atomic mass is 9.86. The van der Waals surface area contributed by atoms with Crippen molar-refractivity contribution < 1.29 is 32.2 Å². The van der Waals surface area contributed by atoms with Crippen molar-refractivity contribution in [2.24, 2.45) is 0 Å². The minimum atomic E-state index is -4.38. The van der Waals surface area contributed by atoms with Gasteiger partial charge in [0.1, 0.15) is 11.4 Å². The Bertz CT molecular complexity index is 876. The molecule has 0 aromatic heterocycles. The zero-order valence-corrected chi connectivity index (χ0v) is 16.8. The lowest BCUT2D eigenvalue weighted by molar-refractivity contribution is -0.167. The fourth-order valence-electron chi connectivity index (χ4n) is 2.96. The summed E-state index contributed by atoms with van der Waals surface area (Å²) >= 11 is 0. The molecule has 0 heterocycles. The predicted octanol–water partition coefficient (Wildman–Crippen LogP) is 5.89. The van der Waals surface area contributed by atoms with Crippen LogP contribution in [0.25, 0.3) is 10.8 Å². The number of hydrogen-bond acceptors (Lipinski definition) is 4. The molecular weight excluding hydrogens is 385 g/mol. The smallest absolute Gasteiger partial charge is 0.389 e. The maximum absolute atomic E-state index is 13.0. The van der Waals surface area contributed by atoms with Gasteiger partial charge < -0.3 is 14.2 Å². The Morgan fingerprint density at radius 1 is 1.07 bits per heavy atom. The third-order valence-electron chi connectivity index (χ3n) is 4.51. The number of alkyl halides is 3. The summed E-state index contributed by atoms with van der Waals surface area (Å²) < 4.78 is 55.2. The van der Waals surface area contributed by atoms with Crippen LogP contribution >= 0.6 is 0 Å². The highest BCUT2D eigenvalue weighted by Crippen LogP contribution is 2.41. The van der Waals surface area contributed by atoms with Crippen LogP contribution in [-0.4, -0.2) is 25.5 Å². The van der Waals surface area contributed by atoms with E-state index in [0.717, 1.165) is 0 Å². The van der Waals surface area contributed by atoms with Crippen molar-refractivity contribution in [2.75, 3.05) is 13.4 Å². The summed E-state index contributed by atoms with van der Waals surface area (Å²) in [7, 11) is 0. The molecule has 29 heavy (non-hydrogen) atoms. The molecule has 1 unspecified atom stereocenters. The highest BCUT2D eigenvalue weighted by molar-refractivity contribution is 5.92. The van der Waals surface area contributed by atoms with E-state index in [1.54, 1.807) is 36.4 Å². The van der Waals surface area contributed by atoms with Crippen LogP contribution in [0.1, 0.15) is 39.2 Å². The SMILES string of the molecule is C=C(C)C(=O)OC(C)(CCC(F)(F)F)c1ccc(OCOCC)c2ccccc12. The van der Waals surface area contributed by atoms with Crippen LogP contribution in [0.4, 0.5) is 13.2 Å². The van der Waals surface area contributed by atoms with Gasteiger partial charge in [-0.3, -0.25) is 0 Å². The van der Waals surface area contributed by atoms with Gasteiger partial charge in [-0.2, -0.15) is 13.2 Å². The van der Waals surface area contributed by atoms with Gasteiger partial charge in [-0.25, -0.2) is 4.79 Å². The van der Waals surface area contributed by atoms with E-state index in [9.17, 15) is 18.0 Å². The minimum absolute atomic E-state index is 0.0514. The van der Waals surface area contributed by atoms with E-state index in [2.05, 4.69) is 6.58 Å². The number of halogens is 3. The third-order valence-corrected chi connectivity index (χ3v) is 4.51. The number of carbonyl (C=O) groups is 1. The molecule has 0 fully saturated rings. The van der Waals surface area contributed by atoms with E-state index in [1.165, 1.54) is 13.8 Å². The molecule has 1 atom stereocenters. The van der Waals surface area contributed by atoms with Gasteiger partial charge in [0.15, 0.2) is 6.79 Å². The van der Waals surface area contributed by atoms with Gasteiger partial charge in [0.2, 0.25) is 0 Å². The second-order valence-electron chi connectivity index (χ2n) is 6.93. The van der Waals surface area contributed by atoms with E-state index < -0.39 is 30.6 Å². The van der Waals surface area contributed by atoms with Gasteiger partial charge in [0, 0.05) is 29.6 Å². The standard InChI is InChI=1S/C22H25F3O4/c1-5-27-14-28-19-11-10-18(16-8-6-7-9-17(16)19)21(4,12-13-22(23,24)25)29-20(26)15(2)3/h6-11H,2,5,12-14H2,1,3-4H3. The zero-order chi connectivity index (χ0) is 21.7. The number of esters is 1. The Morgan fingerprint density at radius 2 is 1.72 bits per heavy atom. The first kappa shape index (κ1) is 22.7. The quantitative estimate of drug-likeness (QED) is 0.224. The molecule has 0 spiro atoms. The highest BCUT2D eigenvalue weighted by atomic mass is 19.4. The van der Waals surface area contributed by atoms with E-state index in [-0.39, 0.29) is 12.4 Å². The molecule has 158 valence electrons. The first-order chi connectivity index (χ1) is 13.6. The maximum Gasteiger partial charge on any atom is 0.389 e. The van der Waals surface area contributed by atoms with E-state index in [0.29, 0.717) is 28.7 Å². The summed E-state index contributed by atoms with van der Waals surface area (Å²) in [5.74, 6) is -0.211. The molecular formula is C22H25F3O4. The molecule has 7 heteroatoms. The van der Waals surface area contributed by atoms with Crippen molar-refractivity contribution in [1.29, 1.82) is 0 Å². The summed E-state index contributed by atoms with van der Waals surface area (Å²) in [6.45, 7) is 8.85. The third kappa shape index (κ3) is 5.97. The topological polar surface area (TPSA) is 44.8 Å². The molecule has 2 rings (SSSR count). The van der Waals surface area contributed by atoms with Crippen LogP contribution in [0.2, 0.25) is 0 Å². The molecule has 0 radical (unpaired) electrons. The summed E-state index contributed by atoms with van der Waals surface area (Å²) in [6.07, 6.45) is -5.89. The average molecular weight is 410 g/mol. The Kier molecular flexibility index (Phi) is 7.30. The second kappa shape index (κ2) is 9.31. The lowest BCUT2D eigenvalue weighted by Gasteiger charge is -2.32. The second-order valence-corrected chi connectivity index (χ2v) is 6.93. The molecule has 0 aliphatic rings. The monoisotopic (exact) mass is 410 g/mol. The van der Waals surface area contributed by atoms with Crippen molar-refractivity contribution in [3.63, 3.8) is 0 Å². The Labute approximate surface area is 168 Å². The van der Waals surface area contributed by atoms with Gasteiger partial charge in [-0.05, 0) is 38.6 Å². The molecule has 2 aromatic rings. The first-order valence-corrected chi connectivity index (χ1v) is 9.26. The molecule has 0 N–H and O–H groups in total. The van der Waals surface area contributed by atoms with Crippen molar-refractivity contribution in [3.05, 3.63) is 54.1 Å². The number of rotatable bonds is 9. The largest absolute Gasteiger partial charge is 0.467 e. The lowest BCUT2D eigenvalue weighted by Crippen LogP contribution is -2.31. The van der Waals surface area contributed by atoms with Crippen molar-refractivity contribution >= 4 is 16.7 Å². The number of benzene rings is 2. The Balaban J connectivity index is 2.53. The summed E-state index contributed by atoms with van der Waals surface area (Å²) in [4.78, 5) is 12.2. The van der Waals surface area contributed by atoms with Crippen LogP contribution in [0.5, 0.6) is 5.75 Å². The van der Waals surface area contributed by atoms with Crippen LogP contribution in [0, 0.1) is 0 Å². The zero-order valence-electron chi connectivity index (χ0n) is 16.8. The van der Waals surface area contributed by atoms with Crippen LogP contribution in [-0.2, 0) is 19.9 Å². The van der Waals surface area contributed by atoms with Gasteiger partial charge in [-0.15, -0.1) is 0 Å². The molecule has 0 aliphatic carbocycles. The number of ether oxygens (including phenoxy) is 3. The maximum atomic E-state index is 13.0. The fourth-order valence-corrected chi connectivity index (χ4v) is 2.96. The highest BCUT2D eigenvalue weighted by Gasteiger charge is 2.38. The van der Waals surface area contributed by atoms with Crippen molar-refractivity contribution in [3.8, 4) is 5.75 Å². The average Bonchev–Trinajstić information content (AvgIpc) is 2.66. The number of carbonyl (C=O) groups excluding carboxylic acids is 1. The van der Waals surface area contributed by atoms with Gasteiger partial charge >= 0.3 is 12.1 Å². The van der Waals surface area contributed by atoms with Crippen molar-refractivity contribution in [1.82, 2.24) is 0 Å². The summed E-state index contributed by atoms with van der Waals surface area (Å²) in [5.41, 5.74) is -0.913. The number of hydrogen-bond donors (Lipinski definition) is 0. The predicted molar refractivity (Wildman–Crippen MR) is 105 cm³/mol. The molecule has 0 saturated carbocycles. The van der Waals surface area contributed by atoms with E-state index in [1.807, 2.05) is 6.92 Å². The fraction of sp³-hybridized carbons (Fsp3) is 0.409. The van der Waals surface area contributed by atoms with Crippen LogP contribution in [0.3, 0.4) is 0 Å². The Hall–Kier alpha value is -2.54. The Morgan fingerprint density at radius 3 is 2.31 bits per heavy atom. The molecule has 0 aliphatic heterocycles. The molecule has 0 bridgehead atoms. The summed E-state index contributed by atoms with van der Waals surface area (Å²) in [5, 5.41) is 1.33. The van der Waals surface area contributed by atoms with Crippen molar-refractivity contribution in [2.45, 2.75) is 45.4 Å². The normalized spacial score (nSPS) is 13.7. The van der Waals surface area contributed by atoms with Crippen LogP contribution < -0.4 is 4.74 Å². The molecule has 2 aromatic carbocycles. The summed E-state index contributed by atoms with van der Waals surface area (Å²) in [6, 6.07) is 10.4. The minimum Gasteiger partial charge on any atom is -0.467 e. The van der Waals surface area contributed by atoms with Gasteiger partial charge in [0.05, 0.1) is 0 Å². The van der Waals surface area contributed by atoms with E-state index in [4.69, 9.17) is 14.2 Å². The first-order valence-electron chi connectivity index (χ1n) is 9.26.